The molecule has 144 valence electrons. The van der Waals surface area contributed by atoms with Crippen molar-refractivity contribution in [3.8, 4) is 11.8 Å². The van der Waals surface area contributed by atoms with Crippen LogP contribution >= 0.6 is 0 Å². The summed E-state index contributed by atoms with van der Waals surface area (Å²) in [6.07, 6.45) is 0.440. The number of carbonyl (C=O) groups excluding carboxylic acids is 1. The number of carbonyl (C=O) groups is 1. The number of amides is 1. The van der Waals surface area contributed by atoms with Crippen LogP contribution in [0.3, 0.4) is 0 Å². The highest BCUT2D eigenvalue weighted by molar-refractivity contribution is 6.01. The molecule has 5 heteroatoms. The van der Waals surface area contributed by atoms with Gasteiger partial charge in [-0.1, -0.05) is 36.4 Å². The number of anilines is 1. The van der Waals surface area contributed by atoms with Crippen molar-refractivity contribution in [2.24, 2.45) is 0 Å². The first-order valence-electron chi connectivity index (χ1n) is 9.49. The zero-order valence-corrected chi connectivity index (χ0v) is 16.1. The third-order valence-corrected chi connectivity index (χ3v) is 5.18. The molecule has 0 radical (unpaired) electrons. The number of hydrogen-bond donors (Lipinski definition) is 1. The maximum absolute atomic E-state index is 13.3. The summed E-state index contributed by atoms with van der Waals surface area (Å²) in [5.41, 5.74) is 4.18. The van der Waals surface area contributed by atoms with Crippen LogP contribution in [0.5, 0.6) is 5.75 Å². The maximum Gasteiger partial charge on any atom is 0.257 e. The van der Waals surface area contributed by atoms with Gasteiger partial charge in [0, 0.05) is 12.2 Å². The van der Waals surface area contributed by atoms with Crippen molar-refractivity contribution in [3.05, 3.63) is 95.1 Å². The molecular formula is C24H21N3O2. The van der Waals surface area contributed by atoms with Crippen LogP contribution in [-0.2, 0) is 6.42 Å². The van der Waals surface area contributed by atoms with E-state index in [0.717, 1.165) is 29.0 Å². The van der Waals surface area contributed by atoms with Gasteiger partial charge in [-0.15, -0.1) is 0 Å². The average Bonchev–Trinajstić information content (AvgIpc) is 2.79. The van der Waals surface area contributed by atoms with Gasteiger partial charge in [0.1, 0.15) is 11.9 Å². The van der Waals surface area contributed by atoms with Gasteiger partial charge in [-0.2, -0.15) is 5.26 Å². The van der Waals surface area contributed by atoms with Crippen molar-refractivity contribution in [1.82, 2.24) is 4.90 Å². The highest BCUT2D eigenvalue weighted by Gasteiger charge is 2.32. The Hall–Kier alpha value is -3.78. The van der Waals surface area contributed by atoms with Crippen LogP contribution in [0.4, 0.5) is 5.69 Å². The summed E-state index contributed by atoms with van der Waals surface area (Å²) in [6.45, 7) is 0.567. The molecule has 0 spiro atoms. The number of nitrogens with zero attached hydrogens (tertiary/aromatic N) is 2. The van der Waals surface area contributed by atoms with E-state index in [1.54, 1.807) is 19.2 Å². The molecule has 1 N–H and O–H groups in total. The van der Waals surface area contributed by atoms with Gasteiger partial charge in [-0.25, -0.2) is 0 Å². The monoisotopic (exact) mass is 383 g/mol. The summed E-state index contributed by atoms with van der Waals surface area (Å²) in [7, 11) is 1.65. The molecule has 5 nitrogen and oxygen atoms in total. The summed E-state index contributed by atoms with van der Waals surface area (Å²) in [5.74, 6) is 0.816. The van der Waals surface area contributed by atoms with Crippen LogP contribution in [0.1, 0.15) is 33.2 Å². The SMILES string of the molecule is COc1ccc(CCN2C(=O)c3ccccc3N[C@H]2c2ccc(C#N)cc2)cc1. The Balaban J connectivity index is 1.62. The van der Waals surface area contributed by atoms with Crippen molar-refractivity contribution in [2.45, 2.75) is 12.6 Å². The van der Waals surface area contributed by atoms with Crippen LogP contribution in [-0.4, -0.2) is 24.5 Å². The van der Waals surface area contributed by atoms with E-state index in [0.29, 0.717) is 17.7 Å². The van der Waals surface area contributed by atoms with Gasteiger partial charge >= 0.3 is 0 Å². The lowest BCUT2D eigenvalue weighted by atomic mass is 10.0. The van der Waals surface area contributed by atoms with Crippen LogP contribution in [0.25, 0.3) is 0 Å². The highest BCUT2D eigenvalue weighted by Crippen LogP contribution is 2.33. The molecule has 0 aromatic heterocycles. The summed E-state index contributed by atoms with van der Waals surface area (Å²) in [6, 6.07) is 25.0. The Labute approximate surface area is 170 Å². The second-order valence-corrected chi connectivity index (χ2v) is 6.92. The first-order chi connectivity index (χ1) is 14.2. The van der Waals surface area contributed by atoms with Crippen molar-refractivity contribution in [2.75, 3.05) is 19.0 Å². The summed E-state index contributed by atoms with van der Waals surface area (Å²) < 4.78 is 5.22. The van der Waals surface area contributed by atoms with Crippen LogP contribution in [0, 0.1) is 11.3 Å². The molecule has 0 fully saturated rings. The fraction of sp³-hybridized carbons (Fsp3) is 0.167. The molecule has 0 aliphatic carbocycles. The fourth-order valence-electron chi connectivity index (χ4n) is 3.57. The van der Waals surface area contributed by atoms with Crippen molar-refractivity contribution < 1.29 is 9.53 Å². The predicted molar refractivity (Wildman–Crippen MR) is 112 cm³/mol. The minimum absolute atomic E-state index is 0.00206. The molecule has 3 aromatic rings. The number of nitrogens with one attached hydrogen (secondary N) is 1. The van der Waals surface area contributed by atoms with Gasteiger partial charge < -0.3 is 15.0 Å². The standard InChI is InChI=1S/C24H21N3O2/c1-29-20-12-8-17(9-13-20)14-15-27-23(19-10-6-18(16-25)7-11-19)26-22-5-3-2-4-21(22)24(27)28/h2-13,23,26H,14-15H2,1H3/t23-/m1/s1. The molecule has 4 rings (SSSR count). The van der Waals surface area contributed by atoms with Crippen molar-refractivity contribution >= 4 is 11.6 Å². The largest absolute Gasteiger partial charge is 0.497 e. The number of methoxy groups -OCH3 is 1. The Morgan fingerprint density at radius 1 is 1.03 bits per heavy atom. The number of fused-ring (bicyclic) bond motifs is 1. The maximum atomic E-state index is 13.3. The smallest absolute Gasteiger partial charge is 0.257 e. The second kappa shape index (κ2) is 8.07. The first kappa shape index (κ1) is 18.6. The second-order valence-electron chi connectivity index (χ2n) is 6.92. The molecule has 1 aliphatic rings. The van der Waals surface area contributed by atoms with E-state index in [1.807, 2.05) is 65.6 Å². The molecule has 0 saturated carbocycles. The lowest BCUT2D eigenvalue weighted by Crippen LogP contribution is -2.44. The number of nitriles is 1. The zero-order valence-electron chi connectivity index (χ0n) is 16.1. The number of hydrogen-bond acceptors (Lipinski definition) is 4. The quantitative estimate of drug-likeness (QED) is 0.710. The molecule has 0 saturated heterocycles. The number of benzene rings is 3. The minimum Gasteiger partial charge on any atom is -0.497 e. The summed E-state index contributed by atoms with van der Waals surface area (Å²) in [5, 5.41) is 12.6. The Bertz CT molecular complexity index is 1050. The summed E-state index contributed by atoms with van der Waals surface area (Å²) in [4.78, 5) is 15.1. The van der Waals surface area contributed by atoms with E-state index in [4.69, 9.17) is 10.00 Å². The summed E-state index contributed by atoms with van der Waals surface area (Å²) >= 11 is 0. The van der Waals surface area contributed by atoms with Gasteiger partial charge in [-0.3, -0.25) is 4.79 Å². The van der Waals surface area contributed by atoms with E-state index in [2.05, 4.69) is 11.4 Å². The van der Waals surface area contributed by atoms with Gasteiger partial charge in [0.05, 0.1) is 24.3 Å². The Morgan fingerprint density at radius 3 is 2.45 bits per heavy atom. The van der Waals surface area contributed by atoms with E-state index in [1.165, 1.54) is 0 Å². The van der Waals surface area contributed by atoms with E-state index in [-0.39, 0.29) is 12.1 Å². The Kier molecular flexibility index (Phi) is 5.17. The molecule has 3 aromatic carbocycles. The van der Waals surface area contributed by atoms with Crippen LogP contribution < -0.4 is 10.1 Å². The molecule has 1 aliphatic heterocycles. The van der Waals surface area contributed by atoms with Gasteiger partial charge in [-0.05, 0) is 53.9 Å². The predicted octanol–water partition coefficient (Wildman–Crippen LogP) is 4.38. The topological polar surface area (TPSA) is 65.4 Å². The Morgan fingerprint density at radius 2 is 1.76 bits per heavy atom. The normalized spacial score (nSPS) is 15.2. The lowest BCUT2D eigenvalue weighted by Gasteiger charge is -2.38. The highest BCUT2D eigenvalue weighted by atomic mass is 16.5. The van der Waals surface area contributed by atoms with Crippen LogP contribution in [0.15, 0.2) is 72.8 Å². The van der Waals surface area contributed by atoms with Gasteiger partial charge in [0.15, 0.2) is 0 Å². The van der Waals surface area contributed by atoms with Crippen molar-refractivity contribution in [3.63, 3.8) is 0 Å². The molecule has 1 heterocycles. The van der Waals surface area contributed by atoms with Crippen molar-refractivity contribution in [1.29, 1.82) is 5.26 Å². The van der Waals surface area contributed by atoms with E-state index >= 15 is 0 Å². The molecular weight excluding hydrogens is 362 g/mol. The van der Waals surface area contributed by atoms with Crippen LogP contribution in [0.2, 0.25) is 0 Å². The first-order valence-corrected chi connectivity index (χ1v) is 9.49. The third-order valence-electron chi connectivity index (χ3n) is 5.18. The van der Waals surface area contributed by atoms with Gasteiger partial charge in [0.25, 0.3) is 5.91 Å². The molecule has 1 amide bonds. The van der Waals surface area contributed by atoms with Gasteiger partial charge in [0.2, 0.25) is 0 Å². The molecule has 0 unspecified atom stereocenters. The zero-order chi connectivity index (χ0) is 20.2. The number of para-hydroxylation sites is 1. The van der Waals surface area contributed by atoms with E-state index in [9.17, 15) is 4.79 Å². The number of ether oxygens (including phenoxy) is 1. The molecule has 0 bridgehead atoms. The van der Waals surface area contributed by atoms with E-state index < -0.39 is 0 Å². The fourth-order valence-corrected chi connectivity index (χ4v) is 3.57. The lowest BCUT2D eigenvalue weighted by molar-refractivity contribution is 0.0685. The molecule has 1 atom stereocenters. The average molecular weight is 383 g/mol. The number of rotatable bonds is 5. The third kappa shape index (κ3) is 3.78. The minimum atomic E-state index is -0.289. The molecule has 29 heavy (non-hydrogen) atoms.